The smallest absolute Gasteiger partial charge is 0.136 e. The molecule has 2 aliphatic rings. The van der Waals surface area contributed by atoms with Gasteiger partial charge >= 0.3 is 0 Å². The summed E-state index contributed by atoms with van der Waals surface area (Å²) < 4.78 is 1.39. The molecule has 3 heterocycles. The van der Waals surface area contributed by atoms with Crippen LogP contribution in [-0.4, -0.2) is 16.1 Å². The minimum Gasteiger partial charge on any atom is -0.136 e. The number of rotatable bonds is 4. The van der Waals surface area contributed by atoms with Gasteiger partial charge in [0, 0.05) is 9.58 Å². The summed E-state index contributed by atoms with van der Waals surface area (Å²) in [4.78, 5) is 1.52. The highest BCUT2D eigenvalue weighted by atomic mass is 32.1. The highest BCUT2D eigenvalue weighted by Crippen LogP contribution is 2.51. The molecule has 43 heavy (non-hydrogen) atoms. The molecule has 0 N–H and O–H groups in total. The van der Waals surface area contributed by atoms with E-state index in [0.29, 0.717) is 0 Å². The van der Waals surface area contributed by atoms with Crippen molar-refractivity contribution in [3.63, 3.8) is 0 Å². The quantitative estimate of drug-likeness (QED) is 0.224. The zero-order valence-corrected chi connectivity index (χ0v) is 26.4. The van der Waals surface area contributed by atoms with Gasteiger partial charge in [-0.25, -0.2) is 0 Å². The lowest BCUT2D eigenvalue weighted by Gasteiger charge is -2.34. The van der Waals surface area contributed by atoms with Crippen molar-refractivity contribution in [2.45, 2.75) is 0 Å². The first-order valence-electron chi connectivity index (χ1n) is 15.0. The summed E-state index contributed by atoms with van der Waals surface area (Å²) in [5.74, 6) is 0. The monoisotopic (exact) mass is 596 g/mol. The van der Waals surface area contributed by atoms with E-state index in [2.05, 4.69) is 170 Å². The molecule has 0 bridgehead atoms. The molecule has 0 aliphatic carbocycles. The molecule has 6 aromatic carbocycles. The van der Waals surface area contributed by atoms with E-state index in [0.717, 1.165) is 0 Å². The average Bonchev–Trinajstić information content (AvgIpc) is 3.72. The van der Waals surface area contributed by atoms with Crippen molar-refractivity contribution in [3.8, 4) is 0 Å². The second-order valence-corrected chi connectivity index (χ2v) is 20.0. The van der Waals surface area contributed by atoms with Crippen molar-refractivity contribution < 1.29 is 0 Å². The van der Waals surface area contributed by atoms with E-state index in [9.17, 15) is 0 Å². The maximum atomic E-state index is 2.46. The largest absolute Gasteiger partial charge is 0.182 e. The lowest BCUT2D eigenvalue weighted by Crippen LogP contribution is -2.68. The third kappa shape index (κ3) is 3.19. The van der Waals surface area contributed by atoms with Gasteiger partial charge in [-0.2, -0.15) is 0 Å². The van der Waals surface area contributed by atoms with Crippen molar-refractivity contribution in [2.24, 2.45) is 0 Å². The van der Waals surface area contributed by atoms with E-state index < -0.39 is 16.1 Å². The van der Waals surface area contributed by atoms with E-state index in [-0.39, 0.29) is 0 Å². The molecule has 0 amide bonds. The Morgan fingerprint density at radius 1 is 0.372 bits per heavy atom. The normalized spacial score (nSPS) is 15.7. The summed E-state index contributed by atoms with van der Waals surface area (Å²) in [6, 6.07) is 64.6. The van der Waals surface area contributed by atoms with Gasteiger partial charge in [0.15, 0.2) is 16.1 Å². The first kappa shape index (κ1) is 25.0. The second-order valence-electron chi connectivity index (χ2n) is 11.6. The van der Waals surface area contributed by atoms with Gasteiger partial charge in [-0.05, 0) is 58.5 Å². The fourth-order valence-electron chi connectivity index (χ4n) is 8.14. The third-order valence-corrected chi connectivity index (χ3v) is 21.3. The predicted molar refractivity (Wildman–Crippen MR) is 190 cm³/mol. The molecule has 202 valence electrons. The molecular formula is C40H28SSi2. The first-order valence-corrected chi connectivity index (χ1v) is 19.8. The Bertz CT molecular complexity index is 2090. The van der Waals surface area contributed by atoms with E-state index in [1.54, 1.807) is 15.6 Å². The second kappa shape index (κ2) is 9.48. The number of hydrogen-bond donors (Lipinski definition) is 0. The molecule has 2 aliphatic heterocycles. The Kier molecular flexibility index (Phi) is 5.51. The first-order chi connectivity index (χ1) is 21.4. The van der Waals surface area contributed by atoms with E-state index in [1.807, 2.05) is 11.3 Å². The Morgan fingerprint density at radius 3 is 1.37 bits per heavy atom. The van der Waals surface area contributed by atoms with Crippen molar-refractivity contribution in [2.75, 3.05) is 0 Å². The van der Waals surface area contributed by atoms with Crippen LogP contribution in [0.1, 0.15) is 10.4 Å². The standard InChI is InChI=1S/C40H28SSi2/c1-5-17-29(18-6-1)42(30-19-7-2-8-20-30)36-28-16-14-26-34(36)39-40(42)37-38(33-25-13-15-27-35(33)41-37)43(39,31-21-9-3-10-22-31)32-23-11-4-12-24-32/h1-28H. The van der Waals surface area contributed by atoms with Gasteiger partial charge in [0.2, 0.25) is 0 Å². The van der Waals surface area contributed by atoms with Crippen LogP contribution in [0.3, 0.4) is 0 Å². The maximum absolute atomic E-state index is 2.73. The van der Waals surface area contributed by atoms with Gasteiger partial charge in [0.25, 0.3) is 0 Å². The van der Waals surface area contributed by atoms with Gasteiger partial charge in [0.05, 0.1) is 0 Å². The van der Waals surface area contributed by atoms with Crippen LogP contribution in [0, 0.1) is 0 Å². The minimum absolute atomic E-state index is 1.39. The number of hydrogen-bond acceptors (Lipinski definition) is 1. The Labute approximate surface area is 258 Å². The lowest BCUT2D eigenvalue weighted by atomic mass is 10.2. The van der Waals surface area contributed by atoms with E-state index in [4.69, 9.17) is 0 Å². The van der Waals surface area contributed by atoms with E-state index >= 15 is 0 Å². The van der Waals surface area contributed by atoms with Gasteiger partial charge < -0.3 is 0 Å². The van der Waals surface area contributed by atoms with Gasteiger partial charge in [-0.1, -0.05) is 164 Å². The van der Waals surface area contributed by atoms with Crippen LogP contribution in [0.2, 0.25) is 0 Å². The molecule has 0 fully saturated rings. The molecule has 7 aromatic rings. The minimum atomic E-state index is -2.73. The van der Waals surface area contributed by atoms with Crippen molar-refractivity contribution >= 4 is 79.1 Å². The van der Waals surface area contributed by atoms with Gasteiger partial charge in [0.1, 0.15) is 0 Å². The molecular weight excluding hydrogens is 569 g/mol. The summed E-state index contributed by atoms with van der Waals surface area (Å²) in [5.41, 5.74) is 1.46. The molecule has 1 aromatic heterocycles. The zero-order chi connectivity index (χ0) is 28.4. The predicted octanol–water partition coefficient (Wildman–Crippen LogP) is 5.86. The number of benzene rings is 6. The topological polar surface area (TPSA) is 0 Å². The van der Waals surface area contributed by atoms with Crippen LogP contribution in [0.15, 0.2) is 170 Å². The van der Waals surface area contributed by atoms with Crippen molar-refractivity contribution in [3.05, 3.63) is 180 Å². The zero-order valence-electron chi connectivity index (χ0n) is 23.6. The van der Waals surface area contributed by atoms with Crippen molar-refractivity contribution in [1.82, 2.24) is 0 Å². The van der Waals surface area contributed by atoms with Gasteiger partial charge in [-0.15, -0.1) is 11.3 Å². The van der Waals surface area contributed by atoms with Crippen LogP contribution >= 0.6 is 11.3 Å². The summed E-state index contributed by atoms with van der Waals surface area (Å²) in [6.45, 7) is 0. The Balaban J connectivity index is 1.57. The lowest BCUT2D eigenvalue weighted by molar-refractivity contribution is 1.67. The Morgan fingerprint density at radius 2 is 0.814 bits per heavy atom. The highest BCUT2D eigenvalue weighted by molar-refractivity contribution is 7.40. The average molecular weight is 597 g/mol. The molecule has 3 heteroatoms. The number of thiophene rings is 1. The van der Waals surface area contributed by atoms with Crippen LogP contribution in [0.25, 0.3) is 20.5 Å². The molecule has 0 spiro atoms. The molecule has 9 rings (SSSR count). The van der Waals surface area contributed by atoms with Crippen molar-refractivity contribution in [1.29, 1.82) is 0 Å². The van der Waals surface area contributed by atoms with Crippen LogP contribution in [0.5, 0.6) is 0 Å². The molecule has 0 unspecified atom stereocenters. The summed E-state index contributed by atoms with van der Waals surface area (Å²) in [7, 11) is -5.41. The SMILES string of the molecule is c1ccc([Si]2(c3ccccc3)C3=C(c4ccccc42)[Si](c2ccccc2)(c2ccccc2)c2c3sc3ccccc23)cc1. The maximum Gasteiger partial charge on any atom is 0.182 e. The molecule has 0 nitrogen and oxygen atoms in total. The molecule has 0 atom stereocenters. The molecule has 0 radical (unpaired) electrons. The number of fused-ring (bicyclic) bond motifs is 6. The van der Waals surface area contributed by atoms with Gasteiger partial charge in [-0.3, -0.25) is 0 Å². The molecule has 0 saturated carbocycles. The Hall–Kier alpha value is -4.55. The summed E-state index contributed by atoms with van der Waals surface area (Å²) in [5, 5.41) is 13.7. The summed E-state index contributed by atoms with van der Waals surface area (Å²) in [6.07, 6.45) is 0. The van der Waals surface area contributed by atoms with Crippen LogP contribution in [0.4, 0.5) is 0 Å². The fraction of sp³-hybridized carbons (Fsp3) is 0. The molecule has 0 saturated heterocycles. The van der Waals surface area contributed by atoms with Crippen LogP contribution in [-0.2, 0) is 0 Å². The fourth-order valence-corrected chi connectivity index (χ4v) is 22.4. The highest BCUT2D eigenvalue weighted by Gasteiger charge is 2.62. The summed E-state index contributed by atoms with van der Waals surface area (Å²) >= 11 is 2.03. The third-order valence-electron chi connectivity index (χ3n) is 9.63. The van der Waals surface area contributed by atoms with Crippen LogP contribution < -0.4 is 31.1 Å². The van der Waals surface area contributed by atoms with E-state index in [1.165, 1.54) is 46.5 Å².